The van der Waals surface area contributed by atoms with Crippen molar-refractivity contribution in [3.63, 3.8) is 0 Å². The number of carbonyl (C=O) groups excluding carboxylic acids is 1. The number of thiazole rings is 1. The van der Waals surface area contributed by atoms with Gasteiger partial charge in [-0.05, 0) is 12.1 Å². The number of benzene rings is 1. The zero-order valence-corrected chi connectivity index (χ0v) is 13.6. The van der Waals surface area contributed by atoms with Crippen molar-refractivity contribution in [2.75, 3.05) is 0 Å². The lowest BCUT2D eigenvalue weighted by molar-refractivity contribution is 0.0729. The molecule has 0 saturated heterocycles. The summed E-state index contributed by atoms with van der Waals surface area (Å²) in [6.45, 7) is 0. The SMILES string of the molecule is Cn1cc(-c2nc(C(=O)Oc3c(Cl)cccc3Cl)cs2)cn1. The second-order valence-electron chi connectivity index (χ2n) is 4.38. The lowest BCUT2D eigenvalue weighted by Gasteiger charge is -2.06. The van der Waals surface area contributed by atoms with Crippen molar-refractivity contribution in [2.45, 2.75) is 0 Å². The standard InChI is InChI=1S/C14H9Cl2N3O2S/c1-19-6-8(5-17-19)13-18-11(7-22-13)14(20)21-12-9(15)3-2-4-10(12)16/h2-7H,1H3. The van der Waals surface area contributed by atoms with E-state index in [9.17, 15) is 4.79 Å². The highest BCUT2D eigenvalue weighted by atomic mass is 35.5. The summed E-state index contributed by atoms with van der Waals surface area (Å²) in [6.07, 6.45) is 3.50. The lowest BCUT2D eigenvalue weighted by Crippen LogP contribution is -2.09. The summed E-state index contributed by atoms with van der Waals surface area (Å²) in [5.41, 5.74) is 1.03. The van der Waals surface area contributed by atoms with Gasteiger partial charge in [-0.25, -0.2) is 9.78 Å². The molecule has 0 saturated carbocycles. The highest BCUT2D eigenvalue weighted by Gasteiger charge is 2.17. The van der Waals surface area contributed by atoms with Gasteiger partial charge in [0.1, 0.15) is 5.01 Å². The quantitative estimate of drug-likeness (QED) is 0.526. The van der Waals surface area contributed by atoms with Gasteiger partial charge in [0.05, 0.1) is 16.2 Å². The number of aromatic nitrogens is 3. The number of carbonyl (C=O) groups is 1. The summed E-state index contributed by atoms with van der Waals surface area (Å²) < 4.78 is 6.90. The van der Waals surface area contributed by atoms with Gasteiger partial charge in [0.15, 0.2) is 11.4 Å². The fraction of sp³-hybridized carbons (Fsp3) is 0.0714. The zero-order valence-electron chi connectivity index (χ0n) is 11.3. The molecule has 0 amide bonds. The van der Waals surface area contributed by atoms with Crippen LogP contribution in [0.3, 0.4) is 0 Å². The summed E-state index contributed by atoms with van der Waals surface area (Å²) in [5, 5.41) is 6.91. The molecular weight excluding hydrogens is 345 g/mol. The Morgan fingerprint density at radius 1 is 1.32 bits per heavy atom. The first-order valence-electron chi connectivity index (χ1n) is 6.15. The van der Waals surface area contributed by atoms with Gasteiger partial charge in [0, 0.05) is 24.2 Å². The number of aryl methyl sites for hydroxylation is 1. The minimum Gasteiger partial charge on any atom is -0.419 e. The number of esters is 1. The second kappa shape index (κ2) is 6.08. The number of hydrogen-bond acceptors (Lipinski definition) is 5. The summed E-state index contributed by atoms with van der Waals surface area (Å²) in [6, 6.07) is 4.86. The molecule has 3 rings (SSSR count). The first-order chi connectivity index (χ1) is 10.5. The zero-order chi connectivity index (χ0) is 15.7. The van der Waals surface area contributed by atoms with E-state index in [1.54, 1.807) is 34.5 Å². The van der Waals surface area contributed by atoms with Crippen LogP contribution in [-0.2, 0) is 7.05 Å². The first-order valence-corrected chi connectivity index (χ1v) is 7.79. The topological polar surface area (TPSA) is 57.0 Å². The van der Waals surface area contributed by atoms with Crippen LogP contribution in [0.15, 0.2) is 36.0 Å². The lowest BCUT2D eigenvalue weighted by atomic mass is 10.3. The van der Waals surface area contributed by atoms with Crippen LogP contribution in [0.4, 0.5) is 0 Å². The van der Waals surface area contributed by atoms with Crippen LogP contribution in [0.5, 0.6) is 5.75 Å². The number of hydrogen-bond donors (Lipinski definition) is 0. The van der Waals surface area contributed by atoms with Gasteiger partial charge < -0.3 is 4.74 Å². The van der Waals surface area contributed by atoms with Crippen LogP contribution in [0.25, 0.3) is 10.6 Å². The molecule has 2 heterocycles. The largest absolute Gasteiger partial charge is 0.419 e. The minimum absolute atomic E-state index is 0.131. The van der Waals surface area contributed by atoms with Gasteiger partial charge in [0.2, 0.25) is 0 Å². The van der Waals surface area contributed by atoms with Crippen LogP contribution in [0.2, 0.25) is 10.0 Å². The maximum Gasteiger partial charge on any atom is 0.363 e. The van der Waals surface area contributed by atoms with E-state index in [1.165, 1.54) is 11.3 Å². The highest BCUT2D eigenvalue weighted by Crippen LogP contribution is 2.33. The predicted molar refractivity (Wildman–Crippen MR) is 85.7 cm³/mol. The van der Waals surface area contributed by atoms with Crippen molar-refractivity contribution >= 4 is 40.5 Å². The van der Waals surface area contributed by atoms with Gasteiger partial charge in [-0.3, -0.25) is 4.68 Å². The van der Waals surface area contributed by atoms with Gasteiger partial charge in [-0.15, -0.1) is 11.3 Å². The van der Waals surface area contributed by atoms with Crippen molar-refractivity contribution < 1.29 is 9.53 Å². The van der Waals surface area contributed by atoms with E-state index in [0.717, 1.165) is 5.56 Å². The van der Waals surface area contributed by atoms with Crippen LogP contribution in [-0.4, -0.2) is 20.7 Å². The Labute approximate surface area is 140 Å². The van der Waals surface area contributed by atoms with Gasteiger partial charge >= 0.3 is 5.97 Å². The Hall–Kier alpha value is -1.89. The summed E-state index contributed by atoms with van der Waals surface area (Å²) in [7, 11) is 1.81. The molecule has 3 aromatic rings. The van der Waals surface area contributed by atoms with Crippen LogP contribution < -0.4 is 4.74 Å². The molecule has 5 nitrogen and oxygen atoms in total. The monoisotopic (exact) mass is 353 g/mol. The Kier molecular flexibility index (Phi) is 4.15. The first kappa shape index (κ1) is 15.0. The van der Waals surface area contributed by atoms with E-state index >= 15 is 0 Å². The number of halogens is 2. The van der Waals surface area contributed by atoms with E-state index in [2.05, 4.69) is 10.1 Å². The molecule has 22 heavy (non-hydrogen) atoms. The molecule has 1 aromatic carbocycles. The molecule has 0 fully saturated rings. The van der Waals surface area contributed by atoms with Gasteiger partial charge in [-0.1, -0.05) is 29.3 Å². The molecule has 0 aliphatic heterocycles. The third-order valence-electron chi connectivity index (χ3n) is 2.78. The molecule has 0 aliphatic carbocycles. The molecule has 112 valence electrons. The highest BCUT2D eigenvalue weighted by molar-refractivity contribution is 7.13. The third-order valence-corrected chi connectivity index (χ3v) is 4.27. The Morgan fingerprint density at radius 3 is 2.68 bits per heavy atom. The van der Waals surface area contributed by atoms with E-state index in [1.807, 2.05) is 13.2 Å². The second-order valence-corrected chi connectivity index (χ2v) is 6.05. The molecule has 0 spiro atoms. The van der Waals surface area contributed by atoms with Crippen LogP contribution in [0.1, 0.15) is 10.5 Å². The fourth-order valence-corrected chi connectivity index (χ4v) is 3.00. The summed E-state index contributed by atoms with van der Waals surface area (Å²) >= 11 is 13.3. The normalized spacial score (nSPS) is 10.7. The van der Waals surface area contributed by atoms with E-state index in [4.69, 9.17) is 27.9 Å². The third kappa shape index (κ3) is 2.99. The van der Waals surface area contributed by atoms with Crippen LogP contribution in [0, 0.1) is 0 Å². The molecule has 0 bridgehead atoms. The van der Waals surface area contributed by atoms with Crippen LogP contribution >= 0.6 is 34.5 Å². The maximum absolute atomic E-state index is 12.2. The number of nitrogens with zero attached hydrogens (tertiary/aromatic N) is 3. The molecular formula is C14H9Cl2N3O2S. The van der Waals surface area contributed by atoms with E-state index < -0.39 is 5.97 Å². The average Bonchev–Trinajstić information content (AvgIpc) is 3.11. The van der Waals surface area contributed by atoms with Gasteiger partial charge in [-0.2, -0.15) is 5.10 Å². The molecule has 0 aliphatic rings. The maximum atomic E-state index is 12.2. The van der Waals surface area contributed by atoms with Crippen molar-refractivity contribution in [3.05, 3.63) is 51.7 Å². The van der Waals surface area contributed by atoms with Crippen molar-refractivity contribution in [3.8, 4) is 16.3 Å². The molecule has 8 heteroatoms. The van der Waals surface area contributed by atoms with E-state index in [-0.39, 0.29) is 21.5 Å². The predicted octanol–water partition coefficient (Wildman–Crippen LogP) is 4.07. The average molecular weight is 354 g/mol. The Bertz CT molecular complexity index is 824. The van der Waals surface area contributed by atoms with E-state index in [0.29, 0.717) is 5.01 Å². The molecule has 0 unspecified atom stereocenters. The number of ether oxygens (including phenoxy) is 1. The smallest absolute Gasteiger partial charge is 0.363 e. The van der Waals surface area contributed by atoms with Crippen molar-refractivity contribution in [1.29, 1.82) is 0 Å². The molecule has 0 N–H and O–H groups in total. The molecule has 2 aromatic heterocycles. The summed E-state index contributed by atoms with van der Waals surface area (Å²) in [4.78, 5) is 16.4. The number of rotatable bonds is 3. The van der Waals surface area contributed by atoms with Gasteiger partial charge in [0.25, 0.3) is 0 Å². The van der Waals surface area contributed by atoms with Crippen molar-refractivity contribution in [1.82, 2.24) is 14.8 Å². The summed E-state index contributed by atoms with van der Waals surface area (Å²) in [5.74, 6) is -0.479. The Morgan fingerprint density at radius 2 is 2.05 bits per heavy atom. The number of para-hydroxylation sites is 1. The fourth-order valence-electron chi connectivity index (χ4n) is 1.76. The van der Waals surface area contributed by atoms with Crippen molar-refractivity contribution in [2.24, 2.45) is 7.05 Å². The Balaban J connectivity index is 1.83. The molecule has 0 atom stereocenters. The molecule has 0 radical (unpaired) electrons. The minimum atomic E-state index is -0.610.